The van der Waals surface area contributed by atoms with Crippen molar-refractivity contribution in [3.05, 3.63) is 35.1 Å². The third-order valence-corrected chi connectivity index (χ3v) is 5.18. The van der Waals surface area contributed by atoms with Crippen LogP contribution >= 0.6 is 0 Å². The van der Waals surface area contributed by atoms with Crippen LogP contribution < -0.4 is 11.3 Å². The van der Waals surface area contributed by atoms with Crippen LogP contribution in [0, 0.1) is 12.7 Å². The Hall–Kier alpha value is -0.970. The molecule has 0 amide bonds. The highest BCUT2D eigenvalue weighted by Crippen LogP contribution is 2.39. The van der Waals surface area contributed by atoms with Crippen molar-refractivity contribution in [3.63, 3.8) is 0 Å². The Labute approximate surface area is 127 Å². The molecule has 2 rings (SSSR count). The lowest BCUT2D eigenvalue weighted by Gasteiger charge is -2.47. The summed E-state index contributed by atoms with van der Waals surface area (Å²) in [5, 5.41) is 0. The molecule has 21 heavy (non-hydrogen) atoms. The molecule has 1 atom stereocenters. The van der Waals surface area contributed by atoms with Gasteiger partial charge in [-0.05, 0) is 62.9 Å². The molecule has 1 heterocycles. The Kier molecular flexibility index (Phi) is 5.36. The van der Waals surface area contributed by atoms with Gasteiger partial charge in [-0.3, -0.25) is 16.2 Å². The van der Waals surface area contributed by atoms with Crippen LogP contribution in [0.3, 0.4) is 0 Å². The summed E-state index contributed by atoms with van der Waals surface area (Å²) in [5.74, 6) is 5.77. The third-order valence-electron chi connectivity index (χ3n) is 5.18. The molecule has 1 saturated heterocycles. The van der Waals surface area contributed by atoms with E-state index in [0.717, 1.165) is 31.5 Å². The molecule has 1 aliphatic rings. The standard InChI is InChI=1S/C17H28FN3/c1-4-17(5-2,21-10-6-7-11-21)16(20-19)14-8-9-15(18)13(3)12-14/h8-9,12,16,20H,4-7,10-11,19H2,1-3H3. The summed E-state index contributed by atoms with van der Waals surface area (Å²) in [4.78, 5) is 2.57. The lowest BCUT2D eigenvalue weighted by Crippen LogP contribution is -2.56. The van der Waals surface area contributed by atoms with Crippen LogP contribution in [0.2, 0.25) is 0 Å². The normalized spacial score (nSPS) is 18.1. The first kappa shape index (κ1) is 16.4. The molecule has 0 aromatic heterocycles. The van der Waals surface area contributed by atoms with E-state index < -0.39 is 0 Å². The van der Waals surface area contributed by atoms with Crippen LogP contribution in [-0.4, -0.2) is 23.5 Å². The van der Waals surface area contributed by atoms with Gasteiger partial charge in [-0.25, -0.2) is 4.39 Å². The zero-order valence-electron chi connectivity index (χ0n) is 13.5. The maximum Gasteiger partial charge on any atom is 0.126 e. The Bertz CT molecular complexity index is 465. The molecule has 0 saturated carbocycles. The highest BCUT2D eigenvalue weighted by molar-refractivity contribution is 5.29. The molecule has 3 nitrogen and oxygen atoms in total. The summed E-state index contributed by atoms with van der Waals surface area (Å²) in [6.07, 6.45) is 4.55. The van der Waals surface area contributed by atoms with Gasteiger partial charge < -0.3 is 0 Å². The Morgan fingerprint density at radius 2 is 1.90 bits per heavy atom. The van der Waals surface area contributed by atoms with Gasteiger partial charge in [0.05, 0.1) is 6.04 Å². The van der Waals surface area contributed by atoms with E-state index in [1.807, 2.05) is 19.1 Å². The average Bonchev–Trinajstić information content (AvgIpc) is 3.02. The number of likely N-dealkylation sites (tertiary alicyclic amines) is 1. The second-order valence-electron chi connectivity index (χ2n) is 6.11. The number of nitrogens with zero attached hydrogens (tertiary/aromatic N) is 1. The first-order chi connectivity index (χ1) is 10.1. The number of halogens is 1. The van der Waals surface area contributed by atoms with Crippen molar-refractivity contribution in [2.45, 2.75) is 58.0 Å². The van der Waals surface area contributed by atoms with Crippen molar-refractivity contribution in [1.29, 1.82) is 0 Å². The number of rotatable bonds is 6. The fourth-order valence-electron chi connectivity index (χ4n) is 3.86. The van der Waals surface area contributed by atoms with E-state index in [-0.39, 0.29) is 17.4 Å². The maximum absolute atomic E-state index is 13.6. The van der Waals surface area contributed by atoms with Crippen molar-refractivity contribution in [3.8, 4) is 0 Å². The summed E-state index contributed by atoms with van der Waals surface area (Å²) in [6.45, 7) is 8.51. The number of hydrogen-bond acceptors (Lipinski definition) is 3. The van der Waals surface area contributed by atoms with Crippen molar-refractivity contribution in [2.24, 2.45) is 5.84 Å². The minimum atomic E-state index is -0.158. The highest BCUT2D eigenvalue weighted by Gasteiger charge is 2.42. The molecular formula is C17H28FN3. The summed E-state index contributed by atoms with van der Waals surface area (Å²) in [6, 6.07) is 5.36. The number of nitrogens with one attached hydrogen (secondary N) is 1. The maximum atomic E-state index is 13.6. The van der Waals surface area contributed by atoms with Gasteiger partial charge in [0, 0.05) is 5.54 Å². The number of aryl methyl sites for hydroxylation is 1. The summed E-state index contributed by atoms with van der Waals surface area (Å²) in [7, 11) is 0. The van der Waals surface area contributed by atoms with Crippen molar-refractivity contribution < 1.29 is 4.39 Å². The van der Waals surface area contributed by atoms with Gasteiger partial charge in [0.1, 0.15) is 5.82 Å². The highest BCUT2D eigenvalue weighted by atomic mass is 19.1. The molecule has 1 fully saturated rings. The fourth-order valence-corrected chi connectivity index (χ4v) is 3.86. The Morgan fingerprint density at radius 1 is 1.29 bits per heavy atom. The van der Waals surface area contributed by atoms with Crippen LogP contribution in [-0.2, 0) is 0 Å². The topological polar surface area (TPSA) is 41.3 Å². The van der Waals surface area contributed by atoms with Gasteiger partial charge in [0.25, 0.3) is 0 Å². The van der Waals surface area contributed by atoms with Gasteiger partial charge >= 0.3 is 0 Å². The van der Waals surface area contributed by atoms with Crippen LogP contribution in [0.25, 0.3) is 0 Å². The number of benzene rings is 1. The smallest absolute Gasteiger partial charge is 0.126 e. The molecule has 0 bridgehead atoms. The van der Waals surface area contributed by atoms with E-state index in [1.54, 1.807) is 6.07 Å². The summed E-state index contributed by atoms with van der Waals surface area (Å²) >= 11 is 0. The molecule has 3 N–H and O–H groups in total. The minimum Gasteiger partial charge on any atom is -0.296 e. The van der Waals surface area contributed by atoms with Gasteiger partial charge in [0.15, 0.2) is 0 Å². The van der Waals surface area contributed by atoms with Gasteiger partial charge in [-0.15, -0.1) is 0 Å². The second kappa shape index (κ2) is 6.86. The van der Waals surface area contributed by atoms with E-state index in [0.29, 0.717) is 5.56 Å². The molecule has 4 heteroatoms. The molecule has 1 aromatic carbocycles. The zero-order chi connectivity index (χ0) is 15.5. The van der Waals surface area contributed by atoms with Gasteiger partial charge in [-0.2, -0.15) is 0 Å². The van der Waals surface area contributed by atoms with Crippen LogP contribution in [0.15, 0.2) is 18.2 Å². The molecule has 1 unspecified atom stereocenters. The van der Waals surface area contributed by atoms with E-state index in [1.165, 1.54) is 12.8 Å². The molecule has 0 spiro atoms. The Balaban J connectivity index is 2.41. The number of hydrazine groups is 1. The largest absolute Gasteiger partial charge is 0.296 e. The van der Waals surface area contributed by atoms with Gasteiger partial charge in [-0.1, -0.05) is 26.0 Å². The summed E-state index contributed by atoms with van der Waals surface area (Å²) < 4.78 is 13.6. The second-order valence-corrected chi connectivity index (χ2v) is 6.11. The third kappa shape index (κ3) is 2.98. The predicted octanol–water partition coefficient (Wildman–Crippen LogP) is 3.29. The average molecular weight is 293 g/mol. The van der Waals surface area contributed by atoms with E-state index in [4.69, 9.17) is 5.84 Å². The molecule has 118 valence electrons. The minimum absolute atomic E-state index is 0.00444. The van der Waals surface area contributed by atoms with Crippen LogP contribution in [0.5, 0.6) is 0 Å². The van der Waals surface area contributed by atoms with Crippen LogP contribution in [0.1, 0.15) is 56.7 Å². The monoisotopic (exact) mass is 293 g/mol. The van der Waals surface area contributed by atoms with E-state index in [9.17, 15) is 4.39 Å². The lowest BCUT2D eigenvalue weighted by molar-refractivity contribution is 0.0616. The van der Waals surface area contributed by atoms with Crippen LogP contribution in [0.4, 0.5) is 4.39 Å². The lowest BCUT2D eigenvalue weighted by atomic mass is 9.79. The predicted molar refractivity (Wildman–Crippen MR) is 85.3 cm³/mol. The molecule has 1 aliphatic heterocycles. The molecule has 1 aromatic rings. The zero-order valence-corrected chi connectivity index (χ0v) is 13.5. The van der Waals surface area contributed by atoms with E-state index >= 15 is 0 Å². The molecule has 0 aliphatic carbocycles. The first-order valence-corrected chi connectivity index (χ1v) is 8.06. The van der Waals surface area contributed by atoms with Crippen molar-refractivity contribution >= 4 is 0 Å². The first-order valence-electron chi connectivity index (χ1n) is 8.06. The van der Waals surface area contributed by atoms with Crippen molar-refractivity contribution in [2.75, 3.05) is 13.1 Å². The van der Waals surface area contributed by atoms with E-state index in [2.05, 4.69) is 24.2 Å². The van der Waals surface area contributed by atoms with Gasteiger partial charge in [0.2, 0.25) is 0 Å². The number of hydrogen-bond donors (Lipinski definition) is 2. The summed E-state index contributed by atoms with van der Waals surface area (Å²) in [5.41, 5.74) is 4.77. The molecule has 0 radical (unpaired) electrons. The quantitative estimate of drug-likeness (QED) is 0.624. The van der Waals surface area contributed by atoms with Crippen molar-refractivity contribution in [1.82, 2.24) is 10.3 Å². The number of nitrogens with two attached hydrogens (primary N) is 1. The fraction of sp³-hybridized carbons (Fsp3) is 0.647. The Morgan fingerprint density at radius 3 is 2.38 bits per heavy atom. The molecular weight excluding hydrogens is 265 g/mol. The SMILES string of the molecule is CCC(CC)(C(NN)c1ccc(F)c(C)c1)N1CCCC1.